The van der Waals surface area contributed by atoms with Crippen LogP contribution in [-0.4, -0.2) is 27.2 Å². The molecule has 0 unspecified atom stereocenters. The molecule has 3 aromatic carbocycles. The van der Waals surface area contributed by atoms with Gasteiger partial charge in [0.1, 0.15) is 11.6 Å². The Kier molecular flexibility index (Phi) is 7.26. The molecule has 1 aliphatic carbocycles. The molecule has 0 spiro atoms. The number of nitrogens with one attached hydrogen (secondary N) is 1. The predicted molar refractivity (Wildman–Crippen MR) is 146 cm³/mol. The molecule has 1 atom stereocenters. The molecule has 0 bridgehead atoms. The number of carboxylic acids is 1. The molecule has 6 heteroatoms. The number of fused-ring (bicyclic) bond motifs is 1. The van der Waals surface area contributed by atoms with Gasteiger partial charge in [-0.15, -0.1) is 0 Å². The van der Waals surface area contributed by atoms with Crippen molar-refractivity contribution in [2.24, 2.45) is 7.05 Å². The lowest BCUT2D eigenvalue weighted by molar-refractivity contribution is -0.137. The molecular formula is C31H33N3O3. The van der Waals surface area contributed by atoms with Gasteiger partial charge in [0.15, 0.2) is 0 Å². The number of anilines is 1. The minimum Gasteiger partial charge on any atom is -0.493 e. The van der Waals surface area contributed by atoms with Gasteiger partial charge in [-0.05, 0) is 78.8 Å². The molecule has 37 heavy (non-hydrogen) atoms. The van der Waals surface area contributed by atoms with Gasteiger partial charge in [-0.3, -0.25) is 4.79 Å². The largest absolute Gasteiger partial charge is 0.493 e. The topological polar surface area (TPSA) is 76.4 Å². The van der Waals surface area contributed by atoms with E-state index in [9.17, 15) is 4.79 Å². The van der Waals surface area contributed by atoms with Crippen LogP contribution in [0.2, 0.25) is 0 Å². The maximum atomic E-state index is 11.1. The number of hydrogen-bond acceptors (Lipinski definition) is 4. The standard InChI is InChI=1S/C31H33N3O3/c1-21-29(16-17-37-27-14-15-28-24(18-27)8-9-25(28)19-30(35)36)34(2)31(33-21)23-10-12-26(13-11-23)32-20-22-6-4-3-5-7-22/h3-7,10-15,18,25,32H,8-9,16-17,19-20H2,1-2H3,(H,35,36)/t25-/m0/s1. The number of aryl methyl sites for hydroxylation is 2. The highest BCUT2D eigenvalue weighted by atomic mass is 16.5. The second-order valence-corrected chi connectivity index (χ2v) is 9.74. The average Bonchev–Trinajstić information content (AvgIpc) is 3.43. The number of ether oxygens (including phenoxy) is 1. The average molecular weight is 496 g/mol. The van der Waals surface area contributed by atoms with Crippen LogP contribution >= 0.6 is 0 Å². The first kappa shape index (κ1) is 24.6. The maximum Gasteiger partial charge on any atom is 0.303 e. The van der Waals surface area contributed by atoms with Crippen molar-refractivity contribution >= 4 is 11.7 Å². The second kappa shape index (κ2) is 10.9. The third-order valence-electron chi connectivity index (χ3n) is 7.24. The van der Waals surface area contributed by atoms with Gasteiger partial charge in [-0.1, -0.05) is 36.4 Å². The van der Waals surface area contributed by atoms with Crippen molar-refractivity contribution in [3.63, 3.8) is 0 Å². The van der Waals surface area contributed by atoms with Gasteiger partial charge in [0.2, 0.25) is 0 Å². The van der Waals surface area contributed by atoms with Crippen molar-refractivity contribution in [3.05, 3.63) is 101 Å². The first-order valence-electron chi connectivity index (χ1n) is 12.9. The lowest BCUT2D eigenvalue weighted by Gasteiger charge is -2.12. The van der Waals surface area contributed by atoms with E-state index in [1.54, 1.807) is 0 Å². The van der Waals surface area contributed by atoms with E-state index >= 15 is 0 Å². The first-order valence-corrected chi connectivity index (χ1v) is 12.9. The number of imidazole rings is 1. The smallest absolute Gasteiger partial charge is 0.303 e. The van der Waals surface area contributed by atoms with Gasteiger partial charge in [-0.2, -0.15) is 0 Å². The third-order valence-corrected chi connectivity index (χ3v) is 7.24. The molecule has 1 aliphatic rings. The van der Waals surface area contributed by atoms with Gasteiger partial charge in [0.25, 0.3) is 0 Å². The zero-order chi connectivity index (χ0) is 25.8. The summed E-state index contributed by atoms with van der Waals surface area (Å²) in [5.41, 5.74) is 7.95. The van der Waals surface area contributed by atoms with E-state index in [0.29, 0.717) is 6.61 Å². The molecule has 0 fully saturated rings. The lowest BCUT2D eigenvalue weighted by atomic mass is 9.98. The number of carbonyl (C=O) groups is 1. The van der Waals surface area contributed by atoms with E-state index in [1.165, 1.54) is 11.1 Å². The fourth-order valence-corrected chi connectivity index (χ4v) is 5.27. The van der Waals surface area contributed by atoms with Crippen LogP contribution < -0.4 is 10.1 Å². The summed E-state index contributed by atoms with van der Waals surface area (Å²) >= 11 is 0. The number of benzene rings is 3. The third kappa shape index (κ3) is 5.69. The fraction of sp³-hybridized carbons (Fsp3) is 0.290. The van der Waals surface area contributed by atoms with Crippen LogP contribution in [0, 0.1) is 6.92 Å². The predicted octanol–water partition coefficient (Wildman–Crippen LogP) is 6.13. The summed E-state index contributed by atoms with van der Waals surface area (Å²) in [6.07, 6.45) is 2.76. The van der Waals surface area contributed by atoms with Gasteiger partial charge in [0.05, 0.1) is 18.7 Å². The Morgan fingerprint density at radius 3 is 2.65 bits per heavy atom. The van der Waals surface area contributed by atoms with Gasteiger partial charge < -0.3 is 19.7 Å². The summed E-state index contributed by atoms with van der Waals surface area (Å²) in [5.74, 6) is 1.17. The number of carboxylic acid groups (broad SMARTS) is 1. The molecule has 0 saturated carbocycles. The van der Waals surface area contributed by atoms with Gasteiger partial charge in [-0.25, -0.2) is 4.98 Å². The SMILES string of the molecule is Cc1nc(-c2ccc(NCc3ccccc3)cc2)n(C)c1CCOc1ccc2c(c1)CC[C@H]2CC(=O)O. The number of rotatable bonds is 10. The van der Waals surface area contributed by atoms with Crippen molar-refractivity contribution in [1.82, 2.24) is 9.55 Å². The van der Waals surface area contributed by atoms with Crippen LogP contribution in [0.3, 0.4) is 0 Å². The van der Waals surface area contributed by atoms with Crippen LogP contribution in [0.15, 0.2) is 72.8 Å². The summed E-state index contributed by atoms with van der Waals surface area (Å²) in [6, 6.07) is 24.9. The summed E-state index contributed by atoms with van der Waals surface area (Å²) in [7, 11) is 2.06. The molecule has 1 heterocycles. The Morgan fingerprint density at radius 1 is 1.11 bits per heavy atom. The van der Waals surface area contributed by atoms with Crippen LogP contribution in [0.5, 0.6) is 5.75 Å². The Hall–Kier alpha value is -4.06. The van der Waals surface area contributed by atoms with E-state index in [2.05, 4.69) is 71.5 Å². The Bertz CT molecular complexity index is 1380. The molecule has 5 rings (SSSR count). The molecule has 0 aliphatic heterocycles. The molecule has 4 aromatic rings. The van der Waals surface area contributed by atoms with E-state index in [4.69, 9.17) is 14.8 Å². The van der Waals surface area contributed by atoms with Crippen molar-refractivity contribution in [3.8, 4) is 17.1 Å². The second-order valence-electron chi connectivity index (χ2n) is 9.74. The summed E-state index contributed by atoms with van der Waals surface area (Å²) in [4.78, 5) is 16.0. The van der Waals surface area contributed by atoms with E-state index in [0.717, 1.165) is 65.6 Å². The molecule has 0 saturated heterocycles. The first-order chi connectivity index (χ1) is 18.0. The van der Waals surface area contributed by atoms with Crippen LogP contribution in [0.4, 0.5) is 5.69 Å². The van der Waals surface area contributed by atoms with E-state index in [1.807, 2.05) is 25.1 Å². The van der Waals surface area contributed by atoms with Crippen LogP contribution in [0.1, 0.15) is 46.8 Å². The highest BCUT2D eigenvalue weighted by molar-refractivity contribution is 5.68. The van der Waals surface area contributed by atoms with E-state index < -0.39 is 5.97 Å². The monoisotopic (exact) mass is 495 g/mol. The Labute approximate surface area is 218 Å². The van der Waals surface area contributed by atoms with Crippen molar-refractivity contribution in [2.75, 3.05) is 11.9 Å². The summed E-state index contributed by atoms with van der Waals surface area (Å²) in [6.45, 7) is 3.39. The molecule has 0 radical (unpaired) electrons. The highest BCUT2D eigenvalue weighted by Gasteiger charge is 2.25. The van der Waals surface area contributed by atoms with Gasteiger partial charge in [0, 0.05) is 37.0 Å². The van der Waals surface area contributed by atoms with Crippen molar-refractivity contribution < 1.29 is 14.6 Å². The minimum absolute atomic E-state index is 0.116. The summed E-state index contributed by atoms with van der Waals surface area (Å²) < 4.78 is 8.25. The normalized spacial score (nSPS) is 14.4. The van der Waals surface area contributed by atoms with Crippen molar-refractivity contribution in [1.29, 1.82) is 0 Å². The molecule has 2 N–H and O–H groups in total. The molecular weight excluding hydrogens is 462 g/mol. The van der Waals surface area contributed by atoms with Gasteiger partial charge >= 0.3 is 5.97 Å². The Morgan fingerprint density at radius 2 is 1.89 bits per heavy atom. The zero-order valence-electron chi connectivity index (χ0n) is 21.4. The number of hydrogen-bond donors (Lipinski definition) is 2. The number of aliphatic carboxylic acids is 1. The molecule has 190 valence electrons. The molecule has 6 nitrogen and oxygen atoms in total. The zero-order valence-corrected chi connectivity index (χ0v) is 21.4. The maximum absolute atomic E-state index is 11.1. The molecule has 1 aromatic heterocycles. The quantitative estimate of drug-likeness (QED) is 0.277. The fourth-order valence-electron chi connectivity index (χ4n) is 5.27. The lowest BCUT2D eigenvalue weighted by Crippen LogP contribution is -2.07. The van der Waals surface area contributed by atoms with Crippen LogP contribution in [-0.2, 0) is 31.2 Å². The summed E-state index contributed by atoms with van der Waals surface area (Å²) in [5, 5.41) is 12.6. The number of aromatic nitrogens is 2. The Balaban J connectivity index is 1.19. The number of nitrogens with zero attached hydrogens (tertiary/aromatic N) is 2. The van der Waals surface area contributed by atoms with Crippen molar-refractivity contribution in [2.45, 2.75) is 45.1 Å². The minimum atomic E-state index is -0.736. The van der Waals surface area contributed by atoms with E-state index in [-0.39, 0.29) is 12.3 Å². The highest BCUT2D eigenvalue weighted by Crippen LogP contribution is 2.37. The molecule has 0 amide bonds. The van der Waals surface area contributed by atoms with Crippen LogP contribution in [0.25, 0.3) is 11.4 Å².